The summed E-state index contributed by atoms with van der Waals surface area (Å²) >= 11 is 0. The van der Waals surface area contributed by atoms with Crippen LogP contribution in [0.25, 0.3) is 11.6 Å². The topological polar surface area (TPSA) is 76.0 Å². The minimum Gasteiger partial charge on any atom is -0.507 e. The molecule has 2 N–H and O–H groups in total. The number of hydrogen-bond acceptors (Lipinski definition) is 4. The highest BCUT2D eigenvalue weighted by Crippen LogP contribution is 2.40. The number of allylic oxidation sites excluding steroid dienone is 1. The van der Waals surface area contributed by atoms with Gasteiger partial charge in [0.25, 0.3) is 0 Å². The normalized spacial score (nSPS) is 18.0. The number of rotatable bonds is 2. The maximum atomic E-state index is 11.2. The molecule has 122 valence electrons. The maximum Gasteiger partial charge on any atom is 0.339 e. The van der Waals surface area contributed by atoms with Crippen molar-refractivity contribution in [2.24, 2.45) is 5.92 Å². The van der Waals surface area contributed by atoms with E-state index >= 15 is 0 Å². The minimum absolute atomic E-state index is 0.0791. The Morgan fingerprint density at radius 1 is 1.17 bits per heavy atom. The molecule has 0 aromatic heterocycles. The number of aromatic hydroxyl groups is 1. The van der Waals surface area contributed by atoms with Crippen LogP contribution in [0.3, 0.4) is 0 Å². The van der Waals surface area contributed by atoms with Gasteiger partial charge in [0.1, 0.15) is 11.3 Å². The number of hydrogen-bond donors (Lipinski definition) is 2. The van der Waals surface area contributed by atoms with Crippen molar-refractivity contribution in [2.45, 2.75) is 13.3 Å². The summed E-state index contributed by atoms with van der Waals surface area (Å²) in [6.07, 6.45) is 2.73. The fraction of sp³-hybridized carbons (Fsp3) is 0.211. The van der Waals surface area contributed by atoms with Crippen LogP contribution in [0.1, 0.15) is 34.0 Å². The number of aromatic carboxylic acids is 1. The number of phenols is 1. The zero-order chi connectivity index (χ0) is 16.8. The van der Waals surface area contributed by atoms with Gasteiger partial charge in [0.2, 0.25) is 6.79 Å². The standard InChI is InChI=1S/C19H16O5/c1-10-4-12-7-16(20)15(19(21)22)6-13(12)5-14(10)11-2-3-17-18(8-11)24-9-23-17/h2-3,5-8,10,20H,4,9H2,1H3,(H,21,22). The van der Waals surface area contributed by atoms with E-state index in [1.807, 2.05) is 24.3 Å². The van der Waals surface area contributed by atoms with E-state index in [1.54, 1.807) is 6.07 Å². The summed E-state index contributed by atoms with van der Waals surface area (Å²) in [5, 5.41) is 19.1. The Balaban J connectivity index is 1.81. The smallest absolute Gasteiger partial charge is 0.339 e. The molecule has 1 aliphatic heterocycles. The summed E-state index contributed by atoms with van der Waals surface area (Å²) in [5.41, 5.74) is 3.85. The highest BCUT2D eigenvalue weighted by atomic mass is 16.7. The van der Waals surface area contributed by atoms with E-state index in [9.17, 15) is 15.0 Å². The molecule has 1 aliphatic carbocycles. The summed E-state index contributed by atoms with van der Waals surface area (Å²) in [6.45, 7) is 2.35. The molecule has 0 saturated carbocycles. The summed E-state index contributed by atoms with van der Waals surface area (Å²) in [7, 11) is 0. The van der Waals surface area contributed by atoms with Gasteiger partial charge in [-0.1, -0.05) is 19.1 Å². The molecule has 0 saturated heterocycles. The van der Waals surface area contributed by atoms with Crippen molar-refractivity contribution in [1.82, 2.24) is 0 Å². The van der Waals surface area contributed by atoms with Crippen molar-refractivity contribution in [1.29, 1.82) is 0 Å². The van der Waals surface area contributed by atoms with Gasteiger partial charge in [0.05, 0.1) is 0 Å². The van der Waals surface area contributed by atoms with Gasteiger partial charge < -0.3 is 19.7 Å². The van der Waals surface area contributed by atoms with E-state index in [0.29, 0.717) is 0 Å². The molecule has 0 bridgehead atoms. The maximum absolute atomic E-state index is 11.2. The second kappa shape index (κ2) is 5.30. The fourth-order valence-corrected chi connectivity index (χ4v) is 3.32. The first kappa shape index (κ1) is 14.6. The van der Waals surface area contributed by atoms with E-state index in [2.05, 4.69) is 6.92 Å². The van der Waals surface area contributed by atoms with E-state index in [4.69, 9.17) is 9.47 Å². The second-order valence-corrected chi connectivity index (χ2v) is 6.15. The number of benzene rings is 2. The largest absolute Gasteiger partial charge is 0.507 e. The van der Waals surface area contributed by atoms with Crippen LogP contribution >= 0.6 is 0 Å². The summed E-state index contributed by atoms with van der Waals surface area (Å²) in [5.74, 6) is 0.387. The van der Waals surface area contributed by atoms with Crippen LogP contribution in [-0.2, 0) is 6.42 Å². The summed E-state index contributed by atoms with van der Waals surface area (Å²) < 4.78 is 10.8. The molecule has 5 nitrogen and oxygen atoms in total. The van der Waals surface area contributed by atoms with Gasteiger partial charge in [0, 0.05) is 0 Å². The first-order chi connectivity index (χ1) is 11.5. The lowest BCUT2D eigenvalue weighted by Gasteiger charge is -2.24. The first-order valence-corrected chi connectivity index (χ1v) is 7.73. The molecular formula is C19H16O5. The predicted octanol–water partition coefficient (Wildman–Crippen LogP) is 3.55. The Bertz CT molecular complexity index is 882. The predicted molar refractivity (Wildman–Crippen MR) is 88.4 cm³/mol. The van der Waals surface area contributed by atoms with Crippen molar-refractivity contribution in [3.05, 3.63) is 52.6 Å². The highest BCUT2D eigenvalue weighted by Gasteiger charge is 2.23. The monoisotopic (exact) mass is 324 g/mol. The average molecular weight is 324 g/mol. The zero-order valence-corrected chi connectivity index (χ0v) is 13.1. The van der Waals surface area contributed by atoms with E-state index in [-0.39, 0.29) is 24.0 Å². The third kappa shape index (κ3) is 2.29. The summed E-state index contributed by atoms with van der Waals surface area (Å²) in [6, 6.07) is 8.92. The quantitative estimate of drug-likeness (QED) is 0.883. The van der Waals surface area contributed by atoms with Crippen LogP contribution in [0.15, 0.2) is 30.3 Å². The summed E-state index contributed by atoms with van der Waals surface area (Å²) in [4.78, 5) is 11.2. The number of carbonyl (C=O) groups is 1. The van der Waals surface area contributed by atoms with Gasteiger partial charge >= 0.3 is 5.97 Å². The van der Waals surface area contributed by atoms with Gasteiger partial charge in [-0.25, -0.2) is 4.79 Å². The molecule has 0 fully saturated rings. The van der Waals surface area contributed by atoms with Crippen LogP contribution in [0, 0.1) is 5.92 Å². The molecule has 2 aliphatic rings. The second-order valence-electron chi connectivity index (χ2n) is 6.15. The first-order valence-electron chi connectivity index (χ1n) is 7.73. The molecule has 2 aromatic carbocycles. The third-order valence-electron chi connectivity index (χ3n) is 4.56. The van der Waals surface area contributed by atoms with Gasteiger partial charge in [-0.15, -0.1) is 0 Å². The van der Waals surface area contributed by atoms with E-state index < -0.39 is 5.97 Å². The van der Waals surface area contributed by atoms with Crippen molar-refractivity contribution < 1.29 is 24.5 Å². The minimum atomic E-state index is -1.13. The molecule has 0 amide bonds. The van der Waals surface area contributed by atoms with Crippen LogP contribution in [0.2, 0.25) is 0 Å². The third-order valence-corrected chi connectivity index (χ3v) is 4.56. The van der Waals surface area contributed by atoms with Gasteiger partial charge in [0.15, 0.2) is 11.5 Å². The molecular weight excluding hydrogens is 308 g/mol. The van der Waals surface area contributed by atoms with Crippen molar-refractivity contribution >= 4 is 17.6 Å². The molecule has 2 aromatic rings. The van der Waals surface area contributed by atoms with Gasteiger partial charge in [-0.05, 0) is 58.9 Å². The molecule has 5 heteroatoms. The molecule has 1 atom stereocenters. The Kier molecular flexibility index (Phi) is 3.23. The van der Waals surface area contributed by atoms with Gasteiger partial charge in [-0.2, -0.15) is 0 Å². The Hall–Kier alpha value is -2.95. The van der Waals surface area contributed by atoms with Crippen molar-refractivity contribution in [3.8, 4) is 17.2 Å². The molecule has 4 rings (SSSR count). The SMILES string of the molecule is CC1Cc2cc(O)c(C(=O)O)cc2C=C1c1ccc2c(c1)OCO2. The molecule has 0 radical (unpaired) electrons. The Morgan fingerprint density at radius 2 is 1.96 bits per heavy atom. The number of carboxylic acids is 1. The highest BCUT2D eigenvalue weighted by molar-refractivity contribution is 5.94. The molecule has 1 unspecified atom stereocenters. The van der Waals surface area contributed by atoms with Crippen LogP contribution in [0.4, 0.5) is 0 Å². The van der Waals surface area contributed by atoms with E-state index in [0.717, 1.165) is 40.2 Å². The molecule has 0 spiro atoms. The Labute approximate surface area is 138 Å². The number of fused-ring (bicyclic) bond motifs is 2. The van der Waals surface area contributed by atoms with E-state index in [1.165, 1.54) is 6.07 Å². The molecule has 24 heavy (non-hydrogen) atoms. The van der Waals surface area contributed by atoms with Crippen LogP contribution < -0.4 is 9.47 Å². The van der Waals surface area contributed by atoms with Crippen LogP contribution in [-0.4, -0.2) is 23.0 Å². The lowest BCUT2D eigenvalue weighted by Crippen LogP contribution is -2.10. The fourth-order valence-electron chi connectivity index (χ4n) is 3.32. The lowest BCUT2D eigenvalue weighted by molar-refractivity contribution is 0.0693. The van der Waals surface area contributed by atoms with Crippen molar-refractivity contribution in [3.63, 3.8) is 0 Å². The Morgan fingerprint density at radius 3 is 2.75 bits per heavy atom. The van der Waals surface area contributed by atoms with Crippen LogP contribution in [0.5, 0.6) is 17.2 Å². The number of ether oxygens (including phenoxy) is 2. The average Bonchev–Trinajstić information content (AvgIpc) is 3.01. The van der Waals surface area contributed by atoms with Gasteiger partial charge in [-0.3, -0.25) is 0 Å². The zero-order valence-electron chi connectivity index (χ0n) is 13.1. The lowest BCUT2D eigenvalue weighted by atomic mass is 9.81. The van der Waals surface area contributed by atoms with Crippen molar-refractivity contribution in [2.75, 3.05) is 6.79 Å². The number of carboxylic acid groups (broad SMARTS) is 1. The molecule has 1 heterocycles.